The fourth-order valence-electron chi connectivity index (χ4n) is 6.02. The zero-order valence-electron chi connectivity index (χ0n) is 29.9. The van der Waals surface area contributed by atoms with Gasteiger partial charge in [0.2, 0.25) is 10.0 Å². The second-order valence-corrected chi connectivity index (χ2v) is 16.5. The minimum absolute atomic E-state index is 0.313. The molecule has 1 atom stereocenters. The molecule has 0 saturated heterocycles. The summed E-state index contributed by atoms with van der Waals surface area (Å²) < 4.78 is 38.8. The van der Waals surface area contributed by atoms with Crippen LogP contribution in [0.2, 0.25) is 0 Å². The van der Waals surface area contributed by atoms with E-state index in [1.165, 1.54) is 9.20 Å². The van der Waals surface area contributed by atoms with Crippen LogP contribution in [0.3, 0.4) is 0 Å². The number of para-hydroxylation sites is 3. The van der Waals surface area contributed by atoms with Crippen molar-refractivity contribution in [2.24, 2.45) is 0 Å². The number of benzene rings is 4. The molecule has 0 saturated carbocycles. The first-order valence-corrected chi connectivity index (χ1v) is 19.1. The Hall–Kier alpha value is -4.06. The number of sulfonamides is 1. The van der Waals surface area contributed by atoms with E-state index >= 15 is 0 Å². The van der Waals surface area contributed by atoms with Crippen molar-refractivity contribution in [1.29, 1.82) is 0 Å². The summed E-state index contributed by atoms with van der Waals surface area (Å²) in [6.45, 7) is 4.49. The summed E-state index contributed by atoms with van der Waals surface area (Å²) in [7, 11) is 7.95. The molecule has 0 fully saturated rings. The molecule has 4 aromatic carbocycles. The Morgan fingerprint density at radius 2 is 1.56 bits per heavy atom. The van der Waals surface area contributed by atoms with Crippen LogP contribution in [0, 0.1) is 0 Å². The molecule has 2 aliphatic heterocycles. The van der Waals surface area contributed by atoms with Crippen LogP contribution in [0.25, 0.3) is 16.5 Å². The number of nitrogens with zero attached hydrogens (tertiary/aromatic N) is 4. The Morgan fingerprint density at radius 3 is 2.32 bits per heavy atom. The topological polar surface area (TPSA) is 69.5 Å². The number of ether oxygens (including phenoxy) is 1. The largest absolute Gasteiger partial charge is 0.488 e. The molecule has 1 aromatic heterocycles. The van der Waals surface area contributed by atoms with Crippen molar-refractivity contribution < 1.29 is 17.6 Å². The van der Waals surface area contributed by atoms with Gasteiger partial charge in [0.1, 0.15) is 23.7 Å². The van der Waals surface area contributed by atoms with Gasteiger partial charge in [-0.05, 0) is 84.0 Å². The van der Waals surface area contributed by atoms with E-state index in [1.54, 1.807) is 38.0 Å². The average Bonchev–Trinajstić information content (AvgIpc) is 3.39. The fourth-order valence-corrected chi connectivity index (χ4v) is 8.02. The van der Waals surface area contributed by atoms with Gasteiger partial charge in [-0.2, -0.15) is 0 Å². The first-order valence-electron chi connectivity index (χ1n) is 16.8. The highest BCUT2D eigenvalue weighted by Crippen LogP contribution is 2.49. The maximum Gasteiger partial charge on any atom is 0.242 e. The van der Waals surface area contributed by atoms with Gasteiger partial charge in [-0.25, -0.2) is 12.7 Å². The third-order valence-electron chi connectivity index (χ3n) is 9.12. The Balaban J connectivity index is 0.000000173. The normalized spacial score (nSPS) is 15.2. The van der Waals surface area contributed by atoms with Crippen LogP contribution in [0.5, 0.6) is 5.75 Å². The molecule has 262 valence electrons. The zero-order valence-corrected chi connectivity index (χ0v) is 31.5. The molecular weight excluding hydrogens is 665 g/mol. The highest BCUT2D eigenvalue weighted by atomic mass is 32.2. The summed E-state index contributed by atoms with van der Waals surface area (Å²) in [5, 5.41) is 1.14. The van der Waals surface area contributed by atoms with Gasteiger partial charge in [-0.1, -0.05) is 66.4 Å². The second kappa shape index (κ2) is 15.0. The maximum absolute atomic E-state index is 12.6. The van der Waals surface area contributed by atoms with E-state index < -0.39 is 10.0 Å². The molecule has 0 aliphatic carbocycles. The molecule has 2 aliphatic rings. The minimum Gasteiger partial charge on any atom is -0.488 e. The lowest BCUT2D eigenvalue weighted by Crippen LogP contribution is -2.37. The van der Waals surface area contributed by atoms with Crippen molar-refractivity contribution >= 4 is 49.7 Å². The quantitative estimate of drug-likeness (QED) is 0.160. The first-order chi connectivity index (χ1) is 24.0. The number of likely N-dealkylation sites (N-methyl/N-ethyl adjacent to an activating group) is 1. The predicted octanol–water partition coefficient (Wildman–Crippen LogP) is 8.20. The van der Waals surface area contributed by atoms with Gasteiger partial charge in [-0.15, -0.1) is 0 Å². The number of anilines is 2. The highest BCUT2D eigenvalue weighted by molar-refractivity contribution is 7.99. The van der Waals surface area contributed by atoms with Crippen LogP contribution in [0.4, 0.5) is 11.4 Å². The summed E-state index contributed by atoms with van der Waals surface area (Å²) in [6, 6.07) is 30.4. The van der Waals surface area contributed by atoms with Gasteiger partial charge in [0.25, 0.3) is 0 Å². The van der Waals surface area contributed by atoms with Crippen LogP contribution in [0.15, 0.2) is 116 Å². The van der Waals surface area contributed by atoms with Gasteiger partial charge in [0.15, 0.2) is 0 Å². The summed E-state index contributed by atoms with van der Waals surface area (Å²) in [6.07, 6.45) is 3.24. The van der Waals surface area contributed by atoms with Crippen molar-refractivity contribution in [2.45, 2.75) is 40.7 Å². The maximum atomic E-state index is 12.6. The van der Waals surface area contributed by atoms with Crippen LogP contribution in [0.1, 0.15) is 30.2 Å². The Morgan fingerprint density at radius 1 is 0.860 bits per heavy atom. The van der Waals surface area contributed by atoms with Crippen LogP contribution >= 0.6 is 11.8 Å². The Bertz CT molecular complexity index is 2120. The van der Waals surface area contributed by atoms with E-state index in [4.69, 9.17) is 9.15 Å². The molecule has 0 radical (unpaired) electrons. The van der Waals surface area contributed by atoms with E-state index in [2.05, 4.69) is 86.2 Å². The van der Waals surface area contributed by atoms with Gasteiger partial charge in [0, 0.05) is 65.1 Å². The van der Waals surface area contributed by atoms with Crippen molar-refractivity contribution in [3.8, 4) is 5.75 Å². The summed E-state index contributed by atoms with van der Waals surface area (Å²) >= 11 is 1.69. The summed E-state index contributed by atoms with van der Waals surface area (Å²) in [4.78, 5) is 9.19. The molecule has 50 heavy (non-hydrogen) atoms. The summed E-state index contributed by atoms with van der Waals surface area (Å²) in [5.74, 6) is 1.86. The molecule has 0 bridgehead atoms. The Labute approximate surface area is 301 Å². The number of fused-ring (bicyclic) bond motifs is 6. The van der Waals surface area contributed by atoms with Crippen LogP contribution < -0.4 is 9.64 Å². The van der Waals surface area contributed by atoms with Gasteiger partial charge >= 0.3 is 0 Å². The molecule has 7 rings (SSSR count). The lowest BCUT2D eigenvalue weighted by molar-refractivity contribution is 0.307. The molecule has 0 amide bonds. The second-order valence-electron chi connectivity index (χ2n) is 13.3. The predicted molar refractivity (Wildman–Crippen MR) is 205 cm³/mol. The number of furan rings is 1. The van der Waals surface area contributed by atoms with Gasteiger partial charge in [-0.3, -0.25) is 0 Å². The van der Waals surface area contributed by atoms with Crippen molar-refractivity contribution in [3.05, 3.63) is 114 Å². The van der Waals surface area contributed by atoms with Gasteiger partial charge < -0.3 is 23.9 Å². The van der Waals surface area contributed by atoms with Crippen LogP contribution in [-0.2, 0) is 16.6 Å². The first kappa shape index (κ1) is 35.8. The van der Waals surface area contributed by atoms with E-state index in [0.717, 1.165) is 75.0 Å². The molecule has 0 N–H and O–H groups in total. The van der Waals surface area contributed by atoms with E-state index in [-0.39, 0.29) is 0 Å². The minimum atomic E-state index is -3.47. The van der Waals surface area contributed by atoms with Crippen molar-refractivity contribution in [1.82, 2.24) is 14.1 Å². The average molecular weight is 711 g/mol. The number of hydrogen-bond acceptors (Lipinski definition) is 8. The number of hydrogen-bond donors (Lipinski definition) is 0. The highest BCUT2D eigenvalue weighted by Gasteiger charge is 2.28. The molecule has 0 spiro atoms. The molecule has 3 heterocycles. The zero-order chi connectivity index (χ0) is 35.6. The summed E-state index contributed by atoms with van der Waals surface area (Å²) in [5.41, 5.74) is 6.37. The number of rotatable bonds is 8. The van der Waals surface area contributed by atoms with Crippen LogP contribution in [-0.4, -0.2) is 83.9 Å². The molecular formula is C40H46N4O4S2. The van der Waals surface area contributed by atoms with Crippen molar-refractivity contribution in [2.75, 3.05) is 60.3 Å². The Kier molecular flexibility index (Phi) is 10.8. The standard InChI is InChI=1S/C21H21NO2.C19H25N3O2S2/c1-22(2)13-7-10-17-15-8-3-5-11-19(15)23-14-18-16-9-4-6-12-20(16)24-21(17)18;1-14(20(2)3)13-22-16-8-6-7-9-18(16)25-19-11-10-15(12-17(19)22)26(23,24)21(4)5/h3-6,8-12H,7,13-14H2,1-2H3;6-12,14H,13H2,1-5H3. The monoisotopic (exact) mass is 710 g/mol. The lowest BCUT2D eigenvalue weighted by Gasteiger charge is -2.36. The molecule has 8 nitrogen and oxygen atoms in total. The lowest BCUT2D eigenvalue weighted by atomic mass is 9.99. The van der Waals surface area contributed by atoms with Crippen molar-refractivity contribution in [3.63, 3.8) is 0 Å². The van der Waals surface area contributed by atoms with E-state index in [9.17, 15) is 8.42 Å². The molecule has 5 aromatic rings. The van der Waals surface area contributed by atoms with E-state index in [1.807, 2.05) is 48.5 Å². The third-order valence-corrected chi connectivity index (χ3v) is 12.1. The molecule has 10 heteroatoms. The van der Waals surface area contributed by atoms with Gasteiger partial charge in [0.05, 0.1) is 16.3 Å². The third kappa shape index (κ3) is 7.36. The SMILES string of the molecule is CC(CN1c2ccccc2Sc2ccc(S(=O)(=O)N(C)C)cc21)N(C)C.CN(C)CCC=C1c2ccccc2OCc2c1oc1ccccc21. The molecule has 1 unspecified atom stereocenters. The van der Waals surface area contributed by atoms with E-state index in [0.29, 0.717) is 17.5 Å². The smallest absolute Gasteiger partial charge is 0.242 e. The fraction of sp³-hybridized carbons (Fsp3) is 0.300.